The first kappa shape index (κ1) is 15.3. The average Bonchev–Trinajstić information content (AvgIpc) is 2.59. The molecule has 0 radical (unpaired) electrons. The Kier molecular flexibility index (Phi) is 4.15. The Bertz CT molecular complexity index is 872. The maximum absolute atomic E-state index is 14.9. The normalized spacial score (nSPS) is 10.9. The Morgan fingerprint density at radius 1 is 0.913 bits per heavy atom. The molecule has 4 heteroatoms. The Hall–Kier alpha value is -2.62. The molecule has 0 saturated heterocycles. The molecule has 1 amide bonds. The van der Waals surface area contributed by atoms with Crippen LogP contribution < -0.4 is 4.74 Å². The van der Waals surface area contributed by atoms with E-state index in [-0.39, 0.29) is 5.75 Å². The molecular formula is C19H18FNO2. The van der Waals surface area contributed by atoms with E-state index in [1.165, 1.54) is 4.90 Å². The molecule has 118 valence electrons. The van der Waals surface area contributed by atoms with E-state index in [1.54, 1.807) is 18.2 Å². The molecule has 23 heavy (non-hydrogen) atoms. The fourth-order valence-electron chi connectivity index (χ4n) is 2.80. The van der Waals surface area contributed by atoms with Crippen LogP contribution in [0, 0.1) is 5.82 Å². The van der Waals surface area contributed by atoms with Crippen molar-refractivity contribution < 1.29 is 13.9 Å². The van der Waals surface area contributed by atoms with Crippen molar-refractivity contribution in [2.24, 2.45) is 0 Å². The van der Waals surface area contributed by atoms with Crippen LogP contribution in [0.5, 0.6) is 5.75 Å². The standard InChI is InChI=1S/C19H18FNO2/c1-3-21(4-2)19(22)23-18-16-12-8-6-10-14(16)13-9-5-7-11-15(13)17(18)20/h5-12H,3-4H2,1-2H3. The van der Waals surface area contributed by atoms with Gasteiger partial charge in [-0.05, 0) is 24.6 Å². The Morgan fingerprint density at radius 2 is 1.39 bits per heavy atom. The first-order valence-electron chi connectivity index (χ1n) is 7.73. The number of carbonyl (C=O) groups is 1. The minimum atomic E-state index is -0.533. The first-order chi connectivity index (χ1) is 11.2. The van der Waals surface area contributed by atoms with Gasteiger partial charge in [-0.3, -0.25) is 0 Å². The van der Waals surface area contributed by atoms with Crippen LogP contribution >= 0.6 is 0 Å². The zero-order valence-corrected chi connectivity index (χ0v) is 13.2. The minimum absolute atomic E-state index is 0.00352. The second-order valence-electron chi connectivity index (χ2n) is 5.27. The molecule has 0 spiro atoms. The van der Waals surface area contributed by atoms with Crippen LogP contribution in [0.4, 0.5) is 9.18 Å². The van der Waals surface area contributed by atoms with Gasteiger partial charge in [-0.1, -0.05) is 48.5 Å². The summed E-state index contributed by atoms with van der Waals surface area (Å²) in [5.74, 6) is -0.504. The Balaban J connectivity index is 2.22. The Morgan fingerprint density at radius 3 is 1.96 bits per heavy atom. The molecule has 0 saturated carbocycles. The molecule has 3 rings (SSSR count). The van der Waals surface area contributed by atoms with Crippen LogP contribution in [0.1, 0.15) is 13.8 Å². The number of carbonyl (C=O) groups excluding carboxylic acids is 1. The number of amides is 1. The second-order valence-corrected chi connectivity index (χ2v) is 5.27. The number of hydrogen-bond donors (Lipinski definition) is 0. The molecule has 0 heterocycles. The topological polar surface area (TPSA) is 29.5 Å². The number of halogens is 1. The lowest BCUT2D eigenvalue weighted by atomic mass is 10.0. The molecular weight excluding hydrogens is 293 g/mol. The SMILES string of the molecule is CCN(CC)C(=O)Oc1c(F)c2ccccc2c2ccccc12. The van der Waals surface area contributed by atoms with Gasteiger partial charge in [0.2, 0.25) is 0 Å². The van der Waals surface area contributed by atoms with Crippen LogP contribution in [0.25, 0.3) is 21.5 Å². The summed E-state index contributed by atoms with van der Waals surface area (Å²) in [6.07, 6.45) is -0.533. The molecule has 3 aromatic rings. The largest absolute Gasteiger partial charge is 0.415 e. The zero-order valence-electron chi connectivity index (χ0n) is 13.2. The van der Waals surface area contributed by atoms with Crippen LogP contribution in [-0.2, 0) is 0 Å². The molecule has 0 N–H and O–H groups in total. The van der Waals surface area contributed by atoms with Crippen LogP contribution in [0.3, 0.4) is 0 Å². The van der Waals surface area contributed by atoms with E-state index in [4.69, 9.17) is 4.74 Å². The van der Waals surface area contributed by atoms with Crippen molar-refractivity contribution in [3.8, 4) is 5.75 Å². The van der Waals surface area contributed by atoms with Crippen molar-refractivity contribution in [1.29, 1.82) is 0 Å². The number of ether oxygens (including phenoxy) is 1. The number of fused-ring (bicyclic) bond motifs is 3. The molecule has 0 aliphatic carbocycles. The minimum Gasteiger partial charge on any atom is -0.406 e. The average molecular weight is 311 g/mol. The monoisotopic (exact) mass is 311 g/mol. The summed E-state index contributed by atoms with van der Waals surface area (Å²) in [5, 5.41) is 2.73. The fraction of sp³-hybridized carbons (Fsp3) is 0.211. The van der Waals surface area contributed by atoms with E-state index in [9.17, 15) is 9.18 Å². The van der Waals surface area contributed by atoms with Crippen molar-refractivity contribution in [1.82, 2.24) is 4.90 Å². The maximum Gasteiger partial charge on any atom is 0.415 e. The third-order valence-corrected chi connectivity index (χ3v) is 4.04. The van der Waals surface area contributed by atoms with Gasteiger partial charge >= 0.3 is 6.09 Å². The Labute approximate surface area is 134 Å². The molecule has 0 fully saturated rings. The van der Waals surface area contributed by atoms with E-state index in [2.05, 4.69) is 0 Å². The van der Waals surface area contributed by atoms with Crippen LogP contribution in [-0.4, -0.2) is 24.1 Å². The summed E-state index contributed by atoms with van der Waals surface area (Å²) >= 11 is 0. The molecule has 0 aliphatic rings. The highest BCUT2D eigenvalue weighted by Crippen LogP contribution is 2.37. The van der Waals surface area contributed by atoms with Gasteiger partial charge in [0.15, 0.2) is 11.6 Å². The van der Waals surface area contributed by atoms with Crippen molar-refractivity contribution >= 4 is 27.6 Å². The van der Waals surface area contributed by atoms with Crippen LogP contribution in [0.15, 0.2) is 48.5 Å². The molecule has 3 aromatic carbocycles. The fourth-order valence-corrected chi connectivity index (χ4v) is 2.80. The van der Waals surface area contributed by atoms with E-state index in [0.29, 0.717) is 23.9 Å². The van der Waals surface area contributed by atoms with Crippen molar-refractivity contribution in [2.75, 3.05) is 13.1 Å². The van der Waals surface area contributed by atoms with Crippen molar-refractivity contribution in [3.63, 3.8) is 0 Å². The molecule has 3 nitrogen and oxygen atoms in total. The number of hydrogen-bond acceptors (Lipinski definition) is 2. The number of rotatable bonds is 3. The lowest BCUT2D eigenvalue weighted by Gasteiger charge is -2.19. The van der Waals surface area contributed by atoms with Gasteiger partial charge in [0.1, 0.15) is 0 Å². The highest BCUT2D eigenvalue weighted by Gasteiger charge is 2.20. The number of nitrogens with zero attached hydrogens (tertiary/aromatic N) is 1. The highest BCUT2D eigenvalue weighted by molar-refractivity contribution is 6.11. The summed E-state index contributed by atoms with van der Waals surface area (Å²) in [5.41, 5.74) is 0. The molecule has 0 aromatic heterocycles. The van der Waals surface area contributed by atoms with Crippen molar-refractivity contribution in [2.45, 2.75) is 13.8 Å². The quantitative estimate of drug-likeness (QED) is 0.639. The lowest BCUT2D eigenvalue weighted by molar-refractivity contribution is 0.156. The van der Waals surface area contributed by atoms with Crippen molar-refractivity contribution in [3.05, 3.63) is 54.3 Å². The van der Waals surface area contributed by atoms with Gasteiger partial charge in [0.05, 0.1) is 0 Å². The van der Waals surface area contributed by atoms with E-state index >= 15 is 0 Å². The molecule has 0 atom stereocenters. The van der Waals surface area contributed by atoms with Crippen LogP contribution in [0.2, 0.25) is 0 Å². The summed E-state index contributed by atoms with van der Waals surface area (Å²) in [4.78, 5) is 13.8. The third-order valence-electron chi connectivity index (χ3n) is 4.04. The van der Waals surface area contributed by atoms with E-state index in [1.807, 2.05) is 44.2 Å². The summed E-state index contributed by atoms with van der Waals surface area (Å²) in [6.45, 7) is 4.75. The predicted molar refractivity (Wildman–Crippen MR) is 90.4 cm³/mol. The molecule has 0 unspecified atom stereocenters. The van der Waals surface area contributed by atoms with Gasteiger partial charge < -0.3 is 9.64 Å². The summed E-state index contributed by atoms with van der Waals surface area (Å²) in [7, 11) is 0. The maximum atomic E-state index is 14.9. The third kappa shape index (κ3) is 2.61. The summed E-state index contributed by atoms with van der Waals surface area (Å²) < 4.78 is 20.4. The first-order valence-corrected chi connectivity index (χ1v) is 7.73. The highest BCUT2D eigenvalue weighted by atomic mass is 19.1. The smallest absolute Gasteiger partial charge is 0.406 e. The lowest BCUT2D eigenvalue weighted by Crippen LogP contribution is -2.33. The number of benzene rings is 3. The van der Waals surface area contributed by atoms with Gasteiger partial charge in [-0.15, -0.1) is 0 Å². The predicted octanol–water partition coefficient (Wildman–Crippen LogP) is 4.97. The second kappa shape index (κ2) is 6.24. The molecule has 0 aliphatic heterocycles. The van der Waals surface area contributed by atoms with Gasteiger partial charge in [-0.25, -0.2) is 9.18 Å². The van der Waals surface area contributed by atoms with E-state index < -0.39 is 11.9 Å². The zero-order chi connectivity index (χ0) is 16.4. The van der Waals surface area contributed by atoms with Gasteiger partial charge in [0, 0.05) is 23.9 Å². The van der Waals surface area contributed by atoms with Gasteiger partial charge in [0.25, 0.3) is 0 Å². The van der Waals surface area contributed by atoms with Gasteiger partial charge in [-0.2, -0.15) is 0 Å². The molecule has 0 bridgehead atoms. The summed E-state index contributed by atoms with van der Waals surface area (Å²) in [6, 6.07) is 14.6. The van der Waals surface area contributed by atoms with E-state index in [0.717, 1.165) is 10.8 Å².